The number of hydrogen-bond donors (Lipinski definition) is 2. The number of amides is 2. The van der Waals surface area contributed by atoms with Gasteiger partial charge in [-0.3, -0.25) is 14.5 Å². The molecule has 5 nitrogen and oxygen atoms in total. The van der Waals surface area contributed by atoms with Gasteiger partial charge in [-0.1, -0.05) is 55.5 Å². The van der Waals surface area contributed by atoms with Gasteiger partial charge in [0.2, 0.25) is 11.8 Å². The SMILES string of the molecule is CCCN(CC(=O)Nc1ccccc1C)[C@H](C)C(=O)Nc1ccc2ccccc2c1. The maximum absolute atomic E-state index is 12.9. The molecule has 0 fully saturated rings. The van der Waals surface area contributed by atoms with E-state index < -0.39 is 6.04 Å². The van der Waals surface area contributed by atoms with Crippen LogP contribution in [0.2, 0.25) is 0 Å². The van der Waals surface area contributed by atoms with Gasteiger partial charge >= 0.3 is 0 Å². The summed E-state index contributed by atoms with van der Waals surface area (Å²) in [5.41, 5.74) is 2.56. The van der Waals surface area contributed by atoms with Crippen LogP contribution in [0.15, 0.2) is 66.7 Å². The van der Waals surface area contributed by atoms with E-state index in [2.05, 4.69) is 10.6 Å². The van der Waals surface area contributed by atoms with E-state index in [1.54, 1.807) is 0 Å². The number of anilines is 2. The van der Waals surface area contributed by atoms with Crippen molar-refractivity contribution in [2.75, 3.05) is 23.7 Å². The Morgan fingerprint density at radius 3 is 2.37 bits per heavy atom. The first-order valence-corrected chi connectivity index (χ1v) is 10.4. The van der Waals surface area contributed by atoms with Crippen LogP contribution < -0.4 is 10.6 Å². The average Bonchev–Trinajstić information content (AvgIpc) is 2.74. The van der Waals surface area contributed by atoms with E-state index in [-0.39, 0.29) is 18.4 Å². The highest BCUT2D eigenvalue weighted by Gasteiger charge is 2.23. The fraction of sp³-hybridized carbons (Fsp3) is 0.280. The second-order valence-electron chi connectivity index (χ2n) is 7.56. The highest BCUT2D eigenvalue weighted by Crippen LogP contribution is 2.19. The fourth-order valence-corrected chi connectivity index (χ4v) is 3.46. The molecule has 0 aliphatic heterocycles. The smallest absolute Gasteiger partial charge is 0.241 e. The summed E-state index contributed by atoms with van der Waals surface area (Å²) in [6, 6.07) is 21.1. The Balaban J connectivity index is 1.65. The average molecular weight is 404 g/mol. The second-order valence-corrected chi connectivity index (χ2v) is 7.56. The Labute approximate surface area is 178 Å². The van der Waals surface area contributed by atoms with Crippen LogP contribution in [0.3, 0.4) is 0 Å². The molecule has 0 aliphatic rings. The lowest BCUT2D eigenvalue weighted by molar-refractivity contribution is -0.123. The third kappa shape index (κ3) is 5.45. The van der Waals surface area contributed by atoms with Crippen molar-refractivity contribution in [1.82, 2.24) is 4.90 Å². The highest BCUT2D eigenvalue weighted by molar-refractivity contribution is 5.98. The predicted molar refractivity (Wildman–Crippen MR) is 124 cm³/mol. The minimum Gasteiger partial charge on any atom is -0.325 e. The van der Waals surface area contributed by atoms with Crippen molar-refractivity contribution in [3.05, 3.63) is 72.3 Å². The van der Waals surface area contributed by atoms with E-state index in [0.717, 1.165) is 34.1 Å². The Bertz CT molecular complexity index is 1030. The number of rotatable bonds is 8. The molecule has 3 aromatic carbocycles. The quantitative estimate of drug-likeness (QED) is 0.566. The molecule has 0 aliphatic carbocycles. The van der Waals surface area contributed by atoms with Crippen LogP contribution in [0, 0.1) is 6.92 Å². The summed E-state index contributed by atoms with van der Waals surface area (Å²) in [6.45, 7) is 6.66. The molecule has 0 unspecified atom stereocenters. The Hall–Kier alpha value is -3.18. The zero-order valence-corrected chi connectivity index (χ0v) is 17.8. The van der Waals surface area contributed by atoms with Gasteiger partial charge < -0.3 is 10.6 Å². The molecule has 0 radical (unpaired) electrons. The van der Waals surface area contributed by atoms with Crippen molar-refractivity contribution in [1.29, 1.82) is 0 Å². The molecule has 0 saturated carbocycles. The number of nitrogens with one attached hydrogen (secondary N) is 2. The number of para-hydroxylation sites is 1. The summed E-state index contributed by atoms with van der Waals surface area (Å²) in [7, 11) is 0. The molecule has 3 rings (SSSR count). The number of nitrogens with zero attached hydrogens (tertiary/aromatic N) is 1. The van der Waals surface area contributed by atoms with Gasteiger partial charge in [-0.05, 0) is 61.3 Å². The maximum atomic E-state index is 12.9. The van der Waals surface area contributed by atoms with Crippen LogP contribution in [0.4, 0.5) is 11.4 Å². The summed E-state index contributed by atoms with van der Waals surface area (Å²) < 4.78 is 0. The lowest BCUT2D eigenvalue weighted by Crippen LogP contribution is -2.46. The van der Waals surface area contributed by atoms with Gasteiger partial charge in [0, 0.05) is 11.4 Å². The molecular weight excluding hydrogens is 374 g/mol. The predicted octanol–water partition coefficient (Wildman–Crippen LogP) is 4.83. The van der Waals surface area contributed by atoms with E-state index in [1.165, 1.54) is 0 Å². The molecule has 2 amide bonds. The summed E-state index contributed by atoms with van der Waals surface area (Å²) >= 11 is 0. The third-order valence-corrected chi connectivity index (χ3v) is 5.22. The van der Waals surface area contributed by atoms with Gasteiger partial charge in [-0.25, -0.2) is 0 Å². The second kappa shape index (κ2) is 10.0. The maximum Gasteiger partial charge on any atom is 0.241 e. The van der Waals surface area contributed by atoms with E-state index in [0.29, 0.717) is 6.54 Å². The van der Waals surface area contributed by atoms with Crippen molar-refractivity contribution < 1.29 is 9.59 Å². The molecule has 0 saturated heterocycles. The minimum absolute atomic E-state index is 0.122. The van der Waals surface area contributed by atoms with Gasteiger partial charge in [0.1, 0.15) is 0 Å². The number of benzene rings is 3. The van der Waals surface area contributed by atoms with Crippen molar-refractivity contribution in [2.45, 2.75) is 33.2 Å². The molecule has 1 atom stereocenters. The zero-order chi connectivity index (χ0) is 21.5. The monoisotopic (exact) mass is 403 g/mol. The minimum atomic E-state index is -0.431. The topological polar surface area (TPSA) is 61.4 Å². The number of aryl methyl sites for hydroxylation is 1. The number of fused-ring (bicyclic) bond motifs is 1. The number of carbonyl (C=O) groups excluding carboxylic acids is 2. The largest absolute Gasteiger partial charge is 0.325 e. The van der Waals surface area contributed by atoms with Crippen LogP contribution in [0.1, 0.15) is 25.8 Å². The van der Waals surface area contributed by atoms with Crippen LogP contribution >= 0.6 is 0 Å². The normalized spacial score (nSPS) is 12.0. The van der Waals surface area contributed by atoms with Crippen LogP contribution in [0.5, 0.6) is 0 Å². The molecule has 0 aromatic heterocycles. The molecule has 2 N–H and O–H groups in total. The molecular formula is C25H29N3O2. The lowest BCUT2D eigenvalue weighted by Gasteiger charge is -2.27. The van der Waals surface area contributed by atoms with Crippen molar-refractivity contribution >= 4 is 34.0 Å². The third-order valence-electron chi connectivity index (χ3n) is 5.22. The number of carbonyl (C=O) groups is 2. The van der Waals surface area contributed by atoms with Gasteiger partial charge in [0.05, 0.1) is 12.6 Å². The standard InChI is InChI=1S/C25H29N3O2/c1-4-15-28(17-24(29)27-23-12-8-5-9-18(23)2)19(3)25(30)26-22-14-13-20-10-6-7-11-21(20)16-22/h5-14,16,19H,4,15,17H2,1-3H3,(H,26,30)(H,27,29)/t19-/m1/s1. The Morgan fingerprint density at radius 1 is 0.933 bits per heavy atom. The molecule has 0 bridgehead atoms. The van der Waals surface area contributed by atoms with Gasteiger partial charge in [0.15, 0.2) is 0 Å². The van der Waals surface area contributed by atoms with Crippen molar-refractivity contribution in [2.24, 2.45) is 0 Å². The van der Waals surface area contributed by atoms with E-state index in [1.807, 2.05) is 92.4 Å². The molecule has 0 heterocycles. The van der Waals surface area contributed by atoms with E-state index in [9.17, 15) is 9.59 Å². The summed E-state index contributed by atoms with van der Waals surface area (Å²) in [5.74, 6) is -0.245. The Morgan fingerprint density at radius 2 is 1.63 bits per heavy atom. The van der Waals surface area contributed by atoms with E-state index >= 15 is 0 Å². The molecule has 3 aromatic rings. The summed E-state index contributed by atoms with van der Waals surface area (Å²) in [4.78, 5) is 27.4. The fourth-order valence-electron chi connectivity index (χ4n) is 3.46. The van der Waals surface area contributed by atoms with Crippen molar-refractivity contribution in [3.8, 4) is 0 Å². The first kappa shape index (κ1) is 21.5. The van der Waals surface area contributed by atoms with Gasteiger partial charge in [0.25, 0.3) is 0 Å². The van der Waals surface area contributed by atoms with E-state index in [4.69, 9.17) is 0 Å². The van der Waals surface area contributed by atoms with Gasteiger partial charge in [-0.2, -0.15) is 0 Å². The zero-order valence-electron chi connectivity index (χ0n) is 17.8. The molecule has 5 heteroatoms. The van der Waals surface area contributed by atoms with Gasteiger partial charge in [-0.15, -0.1) is 0 Å². The summed E-state index contributed by atoms with van der Waals surface area (Å²) in [5, 5.41) is 8.15. The van der Waals surface area contributed by atoms with Crippen LogP contribution in [-0.2, 0) is 9.59 Å². The lowest BCUT2D eigenvalue weighted by atomic mass is 10.1. The van der Waals surface area contributed by atoms with Crippen LogP contribution in [0.25, 0.3) is 10.8 Å². The molecule has 156 valence electrons. The Kier molecular flexibility index (Phi) is 7.20. The van der Waals surface area contributed by atoms with Crippen molar-refractivity contribution in [3.63, 3.8) is 0 Å². The molecule has 0 spiro atoms. The summed E-state index contributed by atoms with van der Waals surface area (Å²) in [6.07, 6.45) is 0.852. The highest BCUT2D eigenvalue weighted by atomic mass is 16.2. The first-order chi connectivity index (χ1) is 14.5. The first-order valence-electron chi connectivity index (χ1n) is 10.4. The van der Waals surface area contributed by atoms with Crippen LogP contribution in [-0.4, -0.2) is 35.8 Å². The number of hydrogen-bond acceptors (Lipinski definition) is 3. The molecule has 30 heavy (non-hydrogen) atoms.